The van der Waals surface area contributed by atoms with Gasteiger partial charge in [-0.1, -0.05) is 36.1 Å². The Bertz CT molecular complexity index is 1860. The van der Waals surface area contributed by atoms with Gasteiger partial charge in [-0.15, -0.1) is 0 Å². The number of halogens is 6. The van der Waals surface area contributed by atoms with Crippen LogP contribution in [-0.4, -0.2) is 9.78 Å². The van der Waals surface area contributed by atoms with E-state index in [4.69, 9.17) is 11.0 Å². The number of benzene rings is 4. The monoisotopic (exact) mass is 546 g/mol. The molecule has 0 fully saturated rings. The lowest BCUT2D eigenvalue weighted by atomic mass is 10.0. The molecule has 198 valence electrons. The Balaban J connectivity index is 1.68. The quantitative estimate of drug-likeness (QED) is 0.150. The molecule has 0 saturated heterocycles. The summed E-state index contributed by atoms with van der Waals surface area (Å²) in [6.45, 7) is -0.605. The van der Waals surface area contributed by atoms with Gasteiger partial charge in [0, 0.05) is 45.5 Å². The SMILES string of the molecule is N#Cc1ccc(N)c(C#Cc2cccc(-c3c4cccc(C(F)(F)F)c4nn3Cc3c(F)cc(F)cc3F)c2)c1. The van der Waals surface area contributed by atoms with E-state index in [1.54, 1.807) is 36.4 Å². The van der Waals surface area contributed by atoms with Crippen molar-refractivity contribution in [2.75, 3.05) is 5.73 Å². The van der Waals surface area contributed by atoms with Gasteiger partial charge in [0.1, 0.15) is 23.0 Å². The molecule has 1 heterocycles. The first kappa shape index (κ1) is 26.4. The summed E-state index contributed by atoms with van der Waals surface area (Å²) in [6, 6.07) is 17.6. The topological polar surface area (TPSA) is 67.6 Å². The highest BCUT2D eigenvalue weighted by Crippen LogP contribution is 2.38. The number of aromatic nitrogens is 2. The van der Waals surface area contributed by atoms with Crippen LogP contribution in [0.1, 0.15) is 27.8 Å². The molecule has 5 aromatic rings. The van der Waals surface area contributed by atoms with E-state index in [1.165, 1.54) is 18.2 Å². The maximum Gasteiger partial charge on any atom is 0.418 e. The van der Waals surface area contributed by atoms with Crippen LogP contribution >= 0.6 is 0 Å². The van der Waals surface area contributed by atoms with Crippen LogP contribution in [-0.2, 0) is 12.7 Å². The van der Waals surface area contributed by atoms with E-state index in [0.717, 1.165) is 10.7 Å². The Morgan fingerprint density at radius 2 is 1.57 bits per heavy atom. The molecule has 0 radical (unpaired) electrons. The zero-order valence-electron chi connectivity index (χ0n) is 20.3. The lowest BCUT2D eigenvalue weighted by molar-refractivity contribution is -0.136. The molecule has 0 aliphatic heterocycles. The second-order valence-corrected chi connectivity index (χ2v) is 8.80. The average Bonchev–Trinajstić information content (AvgIpc) is 3.28. The molecule has 40 heavy (non-hydrogen) atoms. The molecule has 0 bridgehead atoms. The zero-order valence-corrected chi connectivity index (χ0v) is 20.3. The van der Waals surface area contributed by atoms with Crippen molar-refractivity contribution < 1.29 is 26.3 Å². The number of alkyl halides is 3. The molecule has 4 aromatic carbocycles. The van der Waals surface area contributed by atoms with Gasteiger partial charge < -0.3 is 5.73 Å². The van der Waals surface area contributed by atoms with Crippen LogP contribution in [0.3, 0.4) is 0 Å². The largest absolute Gasteiger partial charge is 0.418 e. The standard InChI is InChI=1S/C30H16F6N4/c31-21-13-25(32)23(26(33)14-21)16-40-29(22-5-2-6-24(28(22)39-40)30(34,35)36)20-4-1-3-17(11-20)7-9-19-12-18(15-37)8-10-27(19)38/h1-6,8,10-14H,16,38H2. The zero-order chi connectivity index (χ0) is 28.6. The summed E-state index contributed by atoms with van der Waals surface area (Å²) in [6.07, 6.45) is -4.74. The molecule has 2 N–H and O–H groups in total. The Morgan fingerprint density at radius 1 is 0.850 bits per heavy atom. The van der Waals surface area contributed by atoms with Crippen molar-refractivity contribution in [1.82, 2.24) is 9.78 Å². The molecule has 0 spiro atoms. The van der Waals surface area contributed by atoms with E-state index >= 15 is 0 Å². The Hall–Kier alpha value is -5.22. The summed E-state index contributed by atoms with van der Waals surface area (Å²) in [4.78, 5) is 0. The summed E-state index contributed by atoms with van der Waals surface area (Å²) in [7, 11) is 0. The fourth-order valence-electron chi connectivity index (χ4n) is 4.29. The molecule has 0 unspecified atom stereocenters. The van der Waals surface area contributed by atoms with Gasteiger partial charge in [0.05, 0.1) is 29.4 Å². The maximum absolute atomic E-state index is 14.5. The van der Waals surface area contributed by atoms with Crippen molar-refractivity contribution in [1.29, 1.82) is 5.26 Å². The second-order valence-electron chi connectivity index (χ2n) is 8.80. The van der Waals surface area contributed by atoms with Crippen LogP contribution in [0, 0.1) is 40.6 Å². The van der Waals surface area contributed by atoms with Crippen molar-refractivity contribution in [2.45, 2.75) is 12.7 Å². The first-order chi connectivity index (χ1) is 19.0. The fraction of sp³-hybridized carbons (Fsp3) is 0.0667. The summed E-state index contributed by atoms with van der Waals surface area (Å²) in [5.74, 6) is 2.28. The van der Waals surface area contributed by atoms with E-state index in [0.29, 0.717) is 40.1 Å². The van der Waals surface area contributed by atoms with Crippen LogP contribution in [0.5, 0.6) is 0 Å². The molecule has 0 aliphatic rings. The van der Waals surface area contributed by atoms with Gasteiger partial charge in [-0.25, -0.2) is 13.2 Å². The van der Waals surface area contributed by atoms with Crippen LogP contribution in [0.2, 0.25) is 0 Å². The smallest absolute Gasteiger partial charge is 0.398 e. The van der Waals surface area contributed by atoms with Gasteiger partial charge in [-0.2, -0.15) is 23.5 Å². The summed E-state index contributed by atoms with van der Waals surface area (Å²) in [5.41, 5.74) is 6.07. The van der Waals surface area contributed by atoms with Gasteiger partial charge in [-0.3, -0.25) is 4.68 Å². The first-order valence-corrected chi connectivity index (χ1v) is 11.7. The van der Waals surface area contributed by atoms with Crippen molar-refractivity contribution in [3.8, 4) is 29.2 Å². The first-order valence-electron chi connectivity index (χ1n) is 11.7. The highest BCUT2D eigenvalue weighted by molar-refractivity contribution is 5.95. The predicted molar refractivity (Wildman–Crippen MR) is 137 cm³/mol. The number of fused-ring (bicyclic) bond motifs is 1. The number of anilines is 1. The van der Waals surface area contributed by atoms with Crippen molar-refractivity contribution in [3.05, 3.63) is 118 Å². The molecule has 0 saturated carbocycles. The lowest BCUT2D eigenvalue weighted by Gasteiger charge is -2.11. The number of hydrogen-bond acceptors (Lipinski definition) is 3. The fourth-order valence-corrected chi connectivity index (χ4v) is 4.29. The Labute approximate surface area is 223 Å². The van der Waals surface area contributed by atoms with Crippen LogP contribution in [0.4, 0.5) is 32.0 Å². The molecule has 0 amide bonds. The summed E-state index contributed by atoms with van der Waals surface area (Å²) in [5, 5.41) is 13.3. The molecule has 0 atom stereocenters. The number of rotatable bonds is 3. The molecule has 0 aliphatic carbocycles. The van der Waals surface area contributed by atoms with Crippen molar-refractivity contribution >= 4 is 16.6 Å². The van der Waals surface area contributed by atoms with Gasteiger partial charge in [0.25, 0.3) is 0 Å². The van der Waals surface area contributed by atoms with E-state index in [9.17, 15) is 26.3 Å². The Kier molecular flexibility index (Phi) is 6.70. The molecular weight excluding hydrogens is 530 g/mol. The van der Waals surface area contributed by atoms with E-state index < -0.39 is 46.8 Å². The van der Waals surface area contributed by atoms with Gasteiger partial charge in [0.15, 0.2) is 0 Å². The lowest BCUT2D eigenvalue weighted by Crippen LogP contribution is -2.09. The van der Waals surface area contributed by atoms with E-state index in [-0.39, 0.29) is 11.1 Å². The van der Waals surface area contributed by atoms with Crippen LogP contribution in [0.25, 0.3) is 22.2 Å². The normalized spacial score (nSPS) is 11.2. The minimum atomic E-state index is -4.74. The number of nitrogens with two attached hydrogens (primary N) is 1. The highest BCUT2D eigenvalue weighted by Gasteiger charge is 2.34. The van der Waals surface area contributed by atoms with E-state index in [1.807, 2.05) is 6.07 Å². The predicted octanol–water partition coefficient (Wildman–Crippen LogP) is 7.04. The van der Waals surface area contributed by atoms with Crippen LogP contribution in [0.15, 0.2) is 72.8 Å². The van der Waals surface area contributed by atoms with Crippen molar-refractivity contribution in [2.24, 2.45) is 0 Å². The Morgan fingerprint density at radius 3 is 2.27 bits per heavy atom. The molecule has 5 rings (SSSR count). The highest BCUT2D eigenvalue weighted by atomic mass is 19.4. The van der Waals surface area contributed by atoms with Gasteiger partial charge in [-0.05, 0) is 36.4 Å². The molecule has 1 aromatic heterocycles. The van der Waals surface area contributed by atoms with Gasteiger partial charge in [0.2, 0.25) is 0 Å². The summed E-state index contributed by atoms with van der Waals surface area (Å²) >= 11 is 0. The third kappa shape index (κ3) is 5.07. The molecular formula is C30H16F6N4. The average molecular weight is 546 g/mol. The third-order valence-electron chi connectivity index (χ3n) is 6.15. The second kappa shape index (κ2) is 10.2. The van der Waals surface area contributed by atoms with Gasteiger partial charge >= 0.3 is 6.18 Å². The number of nitrogens with zero attached hydrogens (tertiary/aromatic N) is 3. The molecule has 10 heteroatoms. The molecule has 4 nitrogen and oxygen atoms in total. The van der Waals surface area contributed by atoms with E-state index in [2.05, 4.69) is 16.9 Å². The summed E-state index contributed by atoms with van der Waals surface area (Å²) < 4.78 is 85.0. The number of nitriles is 1. The minimum Gasteiger partial charge on any atom is -0.398 e. The maximum atomic E-state index is 14.5. The number of nitrogen functional groups attached to an aromatic ring is 1. The minimum absolute atomic E-state index is 0.0915. The third-order valence-corrected chi connectivity index (χ3v) is 6.15. The van der Waals surface area contributed by atoms with Crippen LogP contribution < -0.4 is 5.73 Å². The van der Waals surface area contributed by atoms with Crippen molar-refractivity contribution in [3.63, 3.8) is 0 Å². The number of hydrogen-bond donors (Lipinski definition) is 1.